The molecule has 1 aromatic rings. The average Bonchev–Trinajstić information content (AvgIpc) is 2.77. The molecule has 90 valence electrons. The average molecular weight is 257 g/mol. The second kappa shape index (κ2) is 5.54. The van der Waals surface area contributed by atoms with Crippen LogP contribution in [-0.2, 0) is 6.54 Å². The van der Waals surface area contributed by atoms with Crippen LogP contribution in [0.1, 0.15) is 24.6 Å². The fourth-order valence-corrected chi connectivity index (χ4v) is 3.93. The first kappa shape index (κ1) is 12.4. The number of rotatable bonds is 6. The molecule has 0 aromatic carbocycles. The van der Waals surface area contributed by atoms with E-state index in [0.29, 0.717) is 5.25 Å². The van der Waals surface area contributed by atoms with Crippen molar-refractivity contribution in [3.63, 3.8) is 0 Å². The minimum Gasteiger partial charge on any atom is -0.387 e. The SMILES string of the molecule is CCSC1CCC1(O)CNCc1cccs1. The number of aliphatic hydroxyl groups is 1. The van der Waals surface area contributed by atoms with Crippen LogP contribution in [0.25, 0.3) is 0 Å². The molecule has 0 aliphatic heterocycles. The van der Waals surface area contributed by atoms with Gasteiger partial charge in [0, 0.05) is 23.2 Å². The predicted molar refractivity (Wildman–Crippen MR) is 72.1 cm³/mol. The summed E-state index contributed by atoms with van der Waals surface area (Å²) in [5.41, 5.74) is -0.460. The van der Waals surface area contributed by atoms with E-state index >= 15 is 0 Å². The largest absolute Gasteiger partial charge is 0.387 e. The molecular formula is C12H19NOS2. The van der Waals surface area contributed by atoms with E-state index in [4.69, 9.17) is 0 Å². The van der Waals surface area contributed by atoms with Gasteiger partial charge in [-0.25, -0.2) is 0 Å². The van der Waals surface area contributed by atoms with Crippen LogP contribution < -0.4 is 5.32 Å². The summed E-state index contributed by atoms with van der Waals surface area (Å²) < 4.78 is 0. The first-order chi connectivity index (χ1) is 7.74. The molecule has 0 amide bonds. The smallest absolute Gasteiger partial charge is 0.0889 e. The summed E-state index contributed by atoms with van der Waals surface area (Å²) in [6.07, 6.45) is 2.11. The molecule has 16 heavy (non-hydrogen) atoms. The lowest BCUT2D eigenvalue weighted by molar-refractivity contribution is -0.0234. The normalized spacial score (nSPS) is 29.0. The summed E-state index contributed by atoms with van der Waals surface area (Å²) in [5.74, 6) is 1.10. The van der Waals surface area contributed by atoms with Gasteiger partial charge < -0.3 is 10.4 Å². The maximum absolute atomic E-state index is 10.3. The molecule has 1 aliphatic rings. The Morgan fingerprint density at radius 3 is 3.12 bits per heavy atom. The highest BCUT2D eigenvalue weighted by Crippen LogP contribution is 2.40. The van der Waals surface area contributed by atoms with Crippen molar-refractivity contribution in [1.29, 1.82) is 0 Å². The van der Waals surface area contributed by atoms with Gasteiger partial charge in [-0.05, 0) is 30.0 Å². The molecule has 4 heteroatoms. The molecule has 2 N–H and O–H groups in total. The van der Waals surface area contributed by atoms with Crippen LogP contribution in [0.15, 0.2) is 17.5 Å². The van der Waals surface area contributed by atoms with Gasteiger partial charge in [0.1, 0.15) is 0 Å². The molecule has 2 unspecified atom stereocenters. The Bertz CT molecular complexity index is 315. The summed E-state index contributed by atoms with van der Waals surface area (Å²) in [7, 11) is 0. The molecule has 0 saturated heterocycles. The predicted octanol–water partition coefficient (Wildman–Crippen LogP) is 2.48. The van der Waals surface area contributed by atoms with Crippen molar-refractivity contribution < 1.29 is 5.11 Å². The Labute approximate surface area is 105 Å². The van der Waals surface area contributed by atoms with E-state index in [0.717, 1.165) is 31.7 Å². The molecule has 1 fully saturated rings. The summed E-state index contributed by atoms with van der Waals surface area (Å²) >= 11 is 3.65. The molecule has 1 aliphatic carbocycles. The molecular weight excluding hydrogens is 238 g/mol. The highest BCUT2D eigenvalue weighted by molar-refractivity contribution is 8.00. The van der Waals surface area contributed by atoms with E-state index in [-0.39, 0.29) is 0 Å². The Kier molecular flexibility index (Phi) is 4.30. The molecule has 1 saturated carbocycles. The van der Waals surface area contributed by atoms with Crippen LogP contribution in [0.2, 0.25) is 0 Å². The summed E-state index contributed by atoms with van der Waals surface area (Å²) in [5, 5.41) is 16.2. The van der Waals surface area contributed by atoms with E-state index < -0.39 is 5.60 Å². The van der Waals surface area contributed by atoms with E-state index in [1.807, 2.05) is 11.8 Å². The Morgan fingerprint density at radius 1 is 1.69 bits per heavy atom. The van der Waals surface area contributed by atoms with Gasteiger partial charge in [0.25, 0.3) is 0 Å². The van der Waals surface area contributed by atoms with Crippen LogP contribution >= 0.6 is 23.1 Å². The Balaban J connectivity index is 1.73. The van der Waals surface area contributed by atoms with E-state index in [1.54, 1.807) is 11.3 Å². The van der Waals surface area contributed by atoms with Crippen molar-refractivity contribution in [2.75, 3.05) is 12.3 Å². The third-order valence-corrected chi connectivity index (χ3v) is 5.40. The summed E-state index contributed by atoms with van der Waals surface area (Å²) in [6, 6.07) is 4.19. The first-order valence-electron chi connectivity index (χ1n) is 5.81. The highest BCUT2D eigenvalue weighted by atomic mass is 32.2. The van der Waals surface area contributed by atoms with Crippen LogP contribution in [0.4, 0.5) is 0 Å². The number of thiophene rings is 1. The number of nitrogens with one attached hydrogen (secondary N) is 1. The molecule has 0 spiro atoms. The third-order valence-electron chi connectivity index (χ3n) is 3.12. The van der Waals surface area contributed by atoms with Crippen molar-refractivity contribution in [1.82, 2.24) is 5.32 Å². The quantitative estimate of drug-likeness (QED) is 0.821. The van der Waals surface area contributed by atoms with Crippen LogP contribution in [0.5, 0.6) is 0 Å². The molecule has 0 radical (unpaired) electrons. The maximum atomic E-state index is 10.3. The highest BCUT2D eigenvalue weighted by Gasteiger charge is 2.44. The van der Waals surface area contributed by atoms with Crippen LogP contribution in [-0.4, -0.2) is 28.3 Å². The van der Waals surface area contributed by atoms with E-state index in [9.17, 15) is 5.11 Å². The van der Waals surface area contributed by atoms with Gasteiger partial charge in [0.05, 0.1) is 5.60 Å². The zero-order valence-corrected chi connectivity index (χ0v) is 11.2. The van der Waals surface area contributed by atoms with E-state index in [1.165, 1.54) is 4.88 Å². The topological polar surface area (TPSA) is 32.3 Å². The summed E-state index contributed by atoms with van der Waals surface area (Å²) in [6.45, 7) is 3.76. The van der Waals surface area contributed by atoms with Crippen molar-refractivity contribution in [3.8, 4) is 0 Å². The fraction of sp³-hybridized carbons (Fsp3) is 0.667. The maximum Gasteiger partial charge on any atom is 0.0889 e. The fourth-order valence-electron chi connectivity index (χ4n) is 2.05. The Morgan fingerprint density at radius 2 is 2.56 bits per heavy atom. The molecule has 1 heterocycles. The first-order valence-corrected chi connectivity index (χ1v) is 7.74. The van der Waals surface area contributed by atoms with Gasteiger partial charge in [-0.1, -0.05) is 13.0 Å². The van der Waals surface area contributed by atoms with Gasteiger partial charge in [-0.2, -0.15) is 11.8 Å². The van der Waals surface area contributed by atoms with Crippen LogP contribution in [0.3, 0.4) is 0 Å². The molecule has 1 aromatic heterocycles. The van der Waals surface area contributed by atoms with Gasteiger partial charge in [0.2, 0.25) is 0 Å². The van der Waals surface area contributed by atoms with Crippen molar-refractivity contribution in [2.24, 2.45) is 0 Å². The molecule has 2 nitrogen and oxygen atoms in total. The van der Waals surface area contributed by atoms with E-state index in [2.05, 4.69) is 29.8 Å². The van der Waals surface area contributed by atoms with Gasteiger partial charge in [-0.15, -0.1) is 11.3 Å². The standard InChI is InChI=1S/C12H19NOS2/c1-2-15-11-5-6-12(11,14)9-13-8-10-4-3-7-16-10/h3-4,7,11,13-14H,2,5-6,8-9H2,1H3. The lowest BCUT2D eigenvalue weighted by Gasteiger charge is -2.45. The van der Waals surface area contributed by atoms with Gasteiger partial charge in [0.15, 0.2) is 0 Å². The number of hydrogen-bond acceptors (Lipinski definition) is 4. The zero-order valence-electron chi connectivity index (χ0n) is 9.61. The van der Waals surface area contributed by atoms with Gasteiger partial charge in [-0.3, -0.25) is 0 Å². The molecule has 2 atom stereocenters. The number of hydrogen-bond donors (Lipinski definition) is 2. The zero-order chi connectivity index (χ0) is 11.4. The van der Waals surface area contributed by atoms with Crippen LogP contribution in [0, 0.1) is 0 Å². The lowest BCUT2D eigenvalue weighted by Crippen LogP contribution is -2.56. The second-order valence-electron chi connectivity index (χ2n) is 4.27. The second-order valence-corrected chi connectivity index (χ2v) is 6.78. The minimum absolute atomic E-state index is 0.438. The molecule has 0 bridgehead atoms. The monoisotopic (exact) mass is 257 g/mol. The van der Waals surface area contributed by atoms with Crippen molar-refractivity contribution in [3.05, 3.63) is 22.4 Å². The minimum atomic E-state index is -0.460. The van der Waals surface area contributed by atoms with Crippen molar-refractivity contribution >= 4 is 23.1 Å². The summed E-state index contributed by atoms with van der Waals surface area (Å²) in [4.78, 5) is 1.34. The lowest BCUT2D eigenvalue weighted by atomic mass is 9.79. The number of thioether (sulfide) groups is 1. The van der Waals surface area contributed by atoms with Gasteiger partial charge >= 0.3 is 0 Å². The Hall–Kier alpha value is -0.0300. The molecule has 2 rings (SSSR count). The third kappa shape index (κ3) is 2.80. The van der Waals surface area contributed by atoms with Crippen molar-refractivity contribution in [2.45, 2.75) is 37.2 Å².